The number of fused-ring (bicyclic) bond motifs is 9. The van der Waals surface area contributed by atoms with E-state index in [1.54, 1.807) is 12.1 Å². The maximum atomic E-state index is 14.7. The Morgan fingerprint density at radius 2 is 1.84 bits per heavy atom. The zero-order valence-electron chi connectivity index (χ0n) is 31.3. The highest BCUT2D eigenvalue weighted by atomic mass is 32.2. The van der Waals surface area contributed by atoms with Crippen LogP contribution in [0.15, 0.2) is 18.2 Å². The standard InChI is InChI=1S/C40H42N4O10S/c1-17-9-21-10-23-24(13-41)44-25-14-51-39(48)40(22-12-27(49-5)26(46)11-20(22)7-8-42-40)15-55-38(32(44)31(43(23)4)28(21)33(47)34(17)50-6)30-29(25)37-36(52-16-53-37)18(2)35(30)54-19(3)45/h9,11-12,23-25,31-32,38,42,46-47H,7-8,10,14-16H2,1-6H3/t23-,24+,25+,31-,32-,38-,40-/m1/s1. The molecule has 7 atom stereocenters. The number of piperazine rings is 1. The summed E-state index contributed by atoms with van der Waals surface area (Å²) in [5.41, 5.74) is 4.41. The minimum Gasteiger partial charge on any atom is -0.504 e. The Bertz CT molecular complexity index is 2220. The third-order valence-electron chi connectivity index (χ3n) is 12.4. The van der Waals surface area contributed by atoms with Crippen LogP contribution in [0, 0.1) is 25.2 Å². The molecule has 0 amide bonds. The second kappa shape index (κ2) is 12.8. The smallest absolute Gasteiger partial charge is 0.331 e. The first-order chi connectivity index (χ1) is 26.4. The Labute approximate surface area is 322 Å². The van der Waals surface area contributed by atoms with Crippen LogP contribution in [-0.2, 0) is 32.7 Å². The molecule has 2 saturated heterocycles. The number of ether oxygens (including phenoxy) is 6. The molecule has 7 aliphatic rings. The van der Waals surface area contributed by atoms with Gasteiger partial charge in [0, 0.05) is 53.6 Å². The summed E-state index contributed by atoms with van der Waals surface area (Å²) >= 11 is 1.48. The van der Waals surface area contributed by atoms with E-state index >= 15 is 0 Å². The van der Waals surface area contributed by atoms with Crippen molar-refractivity contribution in [1.29, 1.82) is 5.26 Å². The molecule has 0 saturated carbocycles. The van der Waals surface area contributed by atoms with Crippen molar-refractivity contribution in [3.05, 3.63) is 62.7 Å². The van der Waals surface area contributed by atoms with E-state index in [0.717, 1.165) is 16.7 Å². The number of likely N-dealkylation sites (N-methyl/N-ethyl adjacent to an activating group) is 1. The van der Waals surface area contributed by atoms with E-state index in [1.165, 1.54) is 32.9 Å². The van der Waals surface area contributed by atoms with Gasteiger partial charge >= 0.3 is 11.9 Å². The molecule has 0 aromatic heterocycles. The quantitative estimate of drug-likeness (QED) is 0.258. The highest BCUT2D eigenvalue weighted by Gasteiger charge is 2.62. The van der Waals surface area contributed by atoms with Crippen LogP contribution in [0.4, 0.5) is 0 Å². The van der Waals surface area contributed by atoms with Crippen molar-refractivity contribution in [3.63, 3.8) is 0 Å². The van der Waals surface area contributed by atoms with Gasteiger partial charge in [0.05, 0.1) is 37.6 Å². The number of nitrogens with one attached hydrogen (secondary N) is 1. The number of aryl methyl sites for hydroxylation is 1. The van der Waals surface area contributed by atoms with E-state index in [0.29, 0.717) is 70.2 Å². The van der Waals surface area contributed by atoms with Crippen LogP contribution in [0.2, 0.25) is 0 Å². The predicted molar refractivity (Wildman–Crippen MR) is 198 cm³/mol. The molecular formula is C40H42N4O10S. The Morgan fingerprint density at radius 3 is 2.56 bits per heavy atom. The van der Waals surface area contributed by atoms with E-state index in [4.69, 9.17) is 28.4 Å². The van der Waals surface area contributed by atoms with Crippen LogP contribution in [0.25, 0.3) is 0 Å². The van der Waals surface area contributed by atoms with Crippen molar-refractivity contribution < 1.29 is 48.2 Å². The zero-order chi connectivity index (χ0) is 38.7. The Kier molecular flexibility index (Phi) is 8.36. The lowest BCUT2D eigenvalue weighted by molar-refractivity contribution is -0.157. The number of thioether (sulfide) groups is 1. The molecule has 14 nitrogen and oxygen atoms in total. The number of nitriles is 1. The number of aromatic hydroxyl groups is 2. The number of methoxy groups -OCH3 is 2. The number of phenolic OH excluding ortho intramolecular Hbond substituents is 2. The van der Waals surface area contributed by atoms with E-state index in [2.05, 4.69) is 21.2 Å². The summed E-state index contributed by atoms with van der Waals surface area (Å²) in [6.45, 7) is 5.28. The molecule has 288 valence electrons. The fraction of sp³-hybridized carbons (Fsp3) is 0.475. The van der Waals surface area contributed by atoms with Crippen LogP contribution >= 0.6 is 11.8 Å². The van der Waals surface area contributed by atoms with Crippen molar-refractivity contribution >= 4 is 23.7 Å². The third kappa shape index (κ3) is 4.90. The van der Waals surface area contributed by atoms with Gasteiger partial charge in [-0.3, -0.25) is 19.9 Å². The van der Waals surface area contributed by atoms with Gasteiger partial charge in [0.15, 0.2) is 40.0 Å². The van der Waals surface area contributed by atoms with E-state index in [1.807, 2.05) is 27.0 Å². The molecule has 3 N–H and O–H groups in total. The van der Waals surface area contributed by atoms with Crippen LogP contribution in [0.5, 0.6) is 40.2 Å². The Morgan fingerprint density at radius 1 is 1.05 bits per heavy atom. The Balaban J connectivity index is 1.33. The number of benzene rings is 3. The molecule has 7 aliphatic heterocycles. The average molecular weight is 771 g/mol. The van der Waals surface area contributed by atoms with Gasteiger partial charge in [-0.15, -0.1) is 11.8 Å². The van der Waals surface area contributed by atoms with Crippen molar-refractivity contribution in [2.75, 3.05) is 47.0 Å². The van der Waals surface area contributed by atoms with Gasteiger partial charge in [-0.1, -0.05) is 6.07 Å². The molecule has 0 aliphatic carbocycles. The third-order valence-corrected chi connectivity index (χ3v) is 13.9. The highest BCUT2D eigenvalue weighted by Crippen LogP contribution is 2.64. The van der Waals surface area contributed by atoms with E-state index in [9.17, 15) is 25.1 Å². The van der Waals surface area contributed by atoms with Crippen molar-refractivity contribution in [3.8, 4) is 46.3 Å². The van der Waals surface area contributed by atoms with Gasteiger partial charge in [-0.05, 0) is 68.1 Å². The largest absolute Gasteiger partial charge is 0.504 e. The summed E-state index contributed by atoms with van der Waals surface area (Å²) in [4.78, 5) is 32.0. The molecule has 15 heteroatoms. The first kappa shape index (κ1) is 35.8. The topological polar surface area (TPSA) is 172 Å². The number of carbonyl (C=O) groups excluding carboxylic acids is 2. The maximum Gasteiger partial charge on any atom is 0.331 e. The second-order valence-corrected chi connectivity index (χ2v) is 16.2. The summed E-state index contributed by atoms with van der Waals surface area (Å²) in [6, 6.07) is 5.28. The first-order valence-corrected chi connectivity index (χ1v) is 19.4. The minimum atomic E-state index is -1.36. The molecule has 0 unspecified atom stereocenters. The van der Waals surface area contributed by atoms with Crippen LogP contribution in [0.3, 0.4) is 0 Å². The number of hydrogen-bond acceptors (Lipinski definition) is 15. The summed E-state index contributed by atoms with van der Waals surface area (Å²) < 4.78 is 36.1. The highest BCUT2D eigenvalue weighted by molar-refractivity contribution is 7.99. The van der Waals surface area contributed by atoms with Gasteiger partial charge in [-0.2, -0.15) is 5.26 Å². The van der Waals surface area contributed by atoms with Gasteiger partial charge in [0.2, 0.25) is 6.79 Å². The first-order valence-electron chi connectivity index (χ1n) is 18.3. The number of esters is 2. The summed E-state index contributed by atoms with van der Waals surface area (Å²) in [5, 5.41) is 36.9. The molecule has 0 radical (unpaired) electrons. The number of phenols is 2. The molecule has 7 heterocycles. The Hall–Kier alpha value is -4.88. The monoisotopic (exact) mass is 770 g/mol. The molecule has 55 heavy (non-hydrogen) atoms. The van der Waals surface area contributed by atoms with Gasteiger partial charge in [-0.25, -0.2) is 4.79 Å². The maximum absolute atomic E-state index is 14.7. The van der Waals surface area contributed by atoms with Crippen molar-refractivity contribution in [1.82, 2.24) is 15.1 Å². The molecule has 10 rings (SSSR count). The van der Waals surface area contributed by atoms with Crippen LogP contribution in [-0.4, -0.2) is 97.0 Å². The lowest BCUT2D eigenvalue weighted by Crippen LogP contribution is -2.69. The zero-order valence-corrected chi connectivity index (χ0v) is 32.2. The number of hydrogen-bond donors (Lipinski definition) is 3. The number of carbonyl (C=O) groups is 2. The normalized spacial score (nSPS) is 28.9. The minimum absolute atomic E-state index is 0.0239. The lowest BCUT2D eigenvalue weighted by Gasteiger charge is -2.62. The number of rotatable bonds is 3. The molecule has 3 aromatic carbocycles. The van der Waals surface area contributed by atoms with E-state index < -0.39 is 46.9 Å². The SMILES string of the molecule is COc1cc2c(cc1O)CCN[C@]21CS[C@@H]2c3c(OC(C)=O)c(C)c4c(c3[C@H](COC1=O)N1[C@@H]2[C@H]2c3c(cc(C)c(OC)c3O)C[C@H]([C@@H]1C#N)N2C)OCO4. The predicted octanol–water partition coefficient (Wildman–Crippen LogP) is 3.99. The molecule has 4 bridgehead atoms. The number of nitrogens with zero attached hydrogens (tertiary/aromatic N) is 3. The van der Waals surface area contributed by atoms with Gasteiger partial charge in [0.1, 0.15) is 18.4 Å². The molecular weight excluding hydrogens is 729 g/mol. The lowest BCUT2D eigenvalue weighted by atomic mass is 9.71. The fourth-order valence-corrected chi connectivity index (χ4v) is 11.9. The molecule has 1 spiro atoms. The van der Waals surface area contributed by atoms with Crippen molar-refractivity contribution in [2.24, 2.45) is 0 Å². The summed E-state index contributed by atoms with van der Waals surface area (Å²) in [7, 11) is 4.99. The van der Waals surface area contributed by atoms with Gasteiger partial charge in [0.25, 0.3) is 0 Å². The molecule has 2 fully saturated rings. The van der Waals surface area contributed by atoms with Crippen LogP contribution in [0.1, 0.15) is 68.8 Å². The molecule has 3 aromatic rings. The van der Waals surface area contributed by atoms with Gasteiger partial charge < -0.3 is 38.6 Å². The second-order valence-electron chi connectivity index (χ2n) is 15.1. The summed E-state index contributed by atoms with van der Waals surface area (Å²) in [6.07, 6.45) is 1.05. The van der Waals surface area contributed by atoms with Crippen molar-refractivity contribution in [2.45, 2.75) is 74.6 Å². The van der Waals surface area contributed by atoms with Crippen LogP contribution < -0.4 is 29.0 Å². The average Bonchev–Trinajstić information content (AvgIpc) is 3.65. The fourth-order valence-electron chi connectivity index (χ4n) is 10.2. The van der Waals surface area contributed by atoms with E-state index in [-0.39, 0.29) is 42.4 Å². The summed E-state index contributed by atoms with van der Waals surface area (Å²) in [5.74, 6) is 0.973.